The molecule has 0 spiro atoms. The Hall–Kier alpha value is -1.96. The van der Waals surface area contributed by atoms with Crippen molar-refractivity contribution in [1.29, 1.82) is 0 Å². The van der Waals surface area contributed by atoms with E-state index < -0.39 is 0 Å². The van der Waals surface area contributed by atoms with E-state index in [1.807, 2.05) is 6.20 Å². The lowest BCUT2D eigenvalue weighted by Crippen LogP contribution is -2.31. The molecule has 0 fully saturated rings. The lowest BCUT2D eigenvalue weighted by molar-refractivity contribution is -0.658. The van der Waals surface area contributed by atoms with Gasteiger partial charge in [0.2, 0.25) is 5.52 Å². The molecule has 2 heteroatoms. The Bertz CT molecular complexity index is 744. The summed E-state index contributed by atoms with van der Waals surface area (Å²) in [6.07, 6.45) is 3.95. The van der Waals surface area contributed by atoms with Gasteiger partial charge in [-0.1, -0.05) is 18.2 Å². The third-order valence-corrected chi connectivity index (χ3v) is 3.56. The van der Waals surface area contributed by atoms with Crippen LogP contribution in [0.25, 0.3) is 21.8 Å². The summed E-state index contributed by atoms with van der Waals surface area (Å²) in [5.41, 5.74) is 5.22. The molecule has 4 rings (SSSR count). The second-order valence-electron chi connectivity index (χ2n) is 4.45. The summed E-state index contributed by atoms with van der Waals surface area (Å²) >= 11 is 0. The Balaban J connectivity index is 2.39. The molecule has 0 aliphatic carbocycles. The van der Waals surface area contributed by atoms with E-state index in [0.29, 0.717) is 0 Å². The molecule has 3 aromatic rings. The summed E-state index contributed by atoms with van der Waals surface area (Å²) in [5, 5.41) is 2.72. The smallest absolute Gasteiger partial charge is 0.239 e. The van der Waals surface area contributed by atoms with E-state index in [2.05, 4.69) is 46.9 Å². The molecule has 2 nitrogen and oxygen atoms in total. The average Bonchev–Trinajstić information content (AvgIpc) is 2.70. The first-order valence-corrected chi connectivity index (χ1v) is 5.54. The van der Waals surface area contributed by atoms with Crippen molar-refractivity contribution in [2.45, 2.75) is 13.5 Å². The van der Waals surface area contributed by atoms with Gasteiger partial charge in [0.1, 0.15) is 5.52 Å². The Morgan fingerprint density at radius 2 is 2.06 bits per heavy atom. The third-order valence-electron chi connectivity index (χ3n) is 3.56. The molecular formula is C14H11N2+. The van der Waals surface area contributed by atoms with Gasteiger partial charge in [-0.05, 0) is 23.9 Å². The molecule has 0 saturated heterocycles. The van der Waals surface area contributed by atoms with Crippen molar-refractivity contribution >= 4 is 21.8 Å². The van der Waals surface area contributed by atoms with Crippen LogP contribution < -0.4 is 4.57 Å². The number of hydrogen-bond donors (Lipinski definition) is 0. The van der Waals surface area contributed by atoms with Gasteiger partial charge in [-0.15, -0.1) is 0 Å². The van der Waals surface area contributed by atoms with Crippen LogP contribution in [0.15, 0.2) is 36.7 Å². The summed E-state index contributed by atoms with van der Waals surface area (Å²) in [4.78, 5) is 4.43. The summed E-state index contributed by atoms with van der Waals surface area (Å²) in [7, 11) is 0. The van der Waals surface area contributed by atoms with E-state index in [-0.39, 0.29) is 0 Å². The number of aryl methyl sites for hydroxylation is 1. The normalized spacial score (nSPS) is 13.1. The zero-order chi connectivity index (χ0) is 10.7. The lowest BCUT2D eigenvalue weighted by atomic mass is 10.0. The van der Waals surface area contributed by atoms with Crippen molar-refractivity contribution in [2.24, 2.45) is 0 Å². The van der Waals surface area contributed by atoms with Gasteiger partial charge in [-0.3, -0.25) is 0 Å². The van der Waals surface area contributed by atoms with Crippen molar-refractivity contribution in [3.8, 4) is 0 Å². The SMILES string of the molecule is Cc1ccc2ccc3ncc[n+]4c3c2c1C4. The van der Waals surface area contributed by atoms with Crippen molar-refractivity contribution in [3.05, 3.63) is 47.8 Å². The molecule has 0 amide bonds. The molecule has 0 atom stereocenters. The minimum Gasteiger partial charge on any atom is -0.244 e. The topological polar surface area (TPSA) is 16.8 Å². The first-order valence-electron chi connectivity index (χ1n) is 5.54. The Kier molecular flexibility index (Phi) is 1.33. The molecule has 0 bridgehead atoms. The van der Waals surface area contributed by atoms with Crippen molar-refractivity contribution in [1.82, 2.24) is 4.98 Å². The van der Waals surface area contributed by atoms with Crippen LogP contribution in [0.1, 0.15) is 11.1 Å². The predicted molar refractivity (Wildman–Crippen MR) is 63.3 cm³/mol. The largest absolute Gasteiger partial charge is 0.244 e. The first kappa shape index (κ1) is 8.22. The van der Waals surface area contributed by atoms with Gasteiger partial charge in [0.25, 0.3) is 0 Å². The summed E-state index contributed by atoms with van der Waals surface area (Å²) in [5.74, 6) is 0. The van der Waals surface area contributed by atoms with E-state index in [0.717, 1.165) is 12.1 Å². The van der Waals surface area contributed by atoms with Gasteiger partial charge in [0.05, 0.1) is 11.6 Å². The van der Waals surface area contributed by atoms with Crippen LogP contribution in [0.2, 0.25) is 0 Å². The van der Waals surface area contributed by atoms with Crippen LogP contribution >= 0.6 is 0 Å². The van der Waals surface area contributed by atoms with Crippen molar-refractivity contribution in [3.63, 3.8) is 0 Å². The predicted octanol–water partition coefficient (Wildman–Crippen LogP) is 2.35. The number of rotatable bonds is 0. The molecule has 0 saturated carbocycles. The zero-order valence-corrected chi connectivity index (χ0v) is 9.07. The quantitative estimate of drug-likeness (QED) is 0.319. The molecule has 1 aromatic heterocycles. The summed E-state index contributed by atoms with van der Waals surface area (Å²) in [6, 6.07) is 8.70. The van der Waals surface area contributed by atoms with Crippen molar-refractivity contribution < 1.29 is 4.57 Å². The van der Waals surface area contributed by atoms with Gasteiger partial charge in [0.15, 0.2) is 12.7 Å². The first-order chi connectivity index (χ1) is 7.84. The number of aromatic nitrogens is 2. The second-order valence-corrected chi connectivity index (χ2v) is 4.45. The van der Waals surface area contributed by atoms with Gasteiger partial charge < -0.3 is 0 Å². The molecule has 2 aromatic carbocycles. The van der Waals surface area contributed by atoms with Crippen molar-refractivity contribution in [2.75, 3.05) is 0 Å². The maximum absolute atomic E-state index is 4.43. The van der Waals surface area contributed by atoms with Crippen LogP contribution in [-0.4, -0.2) is 4.98 Å². The monoisotopic (exact) mass is 207 g/mol. The Morgan fingerprint density at radius 1 is 1.19 bits per heavy atom. The second kappa shape index (κ2) is 2.59. The minimum absolute atomic E-state index is 0.988. The number of nitrogens with zero attached hydrogens (tertiary/aromatic N) is 2. The standard InChI is InChI=1S/C14H11N2/c1-9-2-3-10-4-5-12-14-13(10)11(9)8-16(14)7-6-15-12/h2-7H,8H2,1H3/q+1. The highest BCUT2D eigenvalue weighted by atomic mass is 15.0. The van der Waals surface area contributed by atoms with E-state index in [1.165, 1.54) is 27.4 Å². The molecule has 2 heterocycles. The molecule has 76 valence electrons. The maximum atomic E-state index is 4.43. The fraction of sp³-hybridized carbons (Fsp3) is 0.143. The summed E-state index contributed by atoms with van der Waals surface area (Å²) < 4.78 is 2.30. The fourth-order valence-corrected chi connectivity index (χ4v) is 2.73. The number of benzene rings is 2. The van der Waals surface area contributed by atoms with E-state index in [1.54, 1.807) is 0 Å². The molecule has 1 aliphatic rings. The van der Waals surface area contributed by atoms with Gasteiger partial charge in [-0.2, -0.15) is 4.57 Å². The van der Waals surface area contributed by atoms with E-state index in [4.69, 9.17) is 0 Å². The highest BCUT2D eigenvalue weighted by Gasteiger charge is 2.25. The molecule has 1 aliphatic heterocycles. The van der Waals surface area contributed by atoms with Crippen LogP contribution in [0.4, 0.5) is 0 Å². The van der Waals surface area contributed by atoms with Crippen LogP contribution in [-0.2, 0) is 6.54 Å². The highest BCUT2D eigenvalue weighted by Crippen LogP contribution is 2.30. The van der Waals surface area contributed by atoms with E-state index in [9.17, 15) is 0 Å². The minimum atomic E-state index is 0.988. The molecule has 0 radical (unpaired) electrons. The maximum Gasteiger partial charge on any atom is 0.239 e. The fourth-order valence-electron chi connectivity index (χ4n) is 2.73. The third kappa shape index (κ3) is 0.830. The average molecular weight is 207 g/mol. The van der Waals surface area contributed by atoms with E-state index >= 15 is 0 Å². The summed E-state index contributed by atoms with van der Waals surface area (Å²) in [6.45, 7) is 3.18. The molecule has 16 heavy (non-hydrogen) atoms. The van der Waals surface area contributed by atoms with Crippen LogP contribution in [0, 0.1) is 6.92 Å². The molecule has 0 N–H and O–H groups in total. The lowest BCUT2D eigenvalue weighted by Gasteiger charge is -1.99. The molecular weight excluding hydrogens is 196 g/mol. The van der Waals surface area contributed by atoms with Crippen LogP contribution in [0.5, 0.6) is 0 Å². The number of hydrogen-bond acceptors (Lipinski definition) is 1. The Morgan fingerprint density at radius 3 is 3.00 bits per heavy atom. The Labute approximate surface area is 93.2 Å². The zero-order valence-electron chi connectivity index (χ0n) is 9.07. The highest BCUT2D eigenvalue weighted by molar-refractivity contribution is 6.05. The van der Waals surface area contributed by atoms with Gasteiger partial charge >= 0.3 is 0 Å². The van der Waals surface area contributed by atoms with Gasteiger partial charge in [-0.25, -0.2) is 4.98 Å². The van der Waals surface area contributed by atoms with Gasteiger partial charge in [0, 0.05) is 5.56 Å². The van der Waals surface area contributed by atoms with Crippen LogP contribution in [0.3, 0.4) is 0 Å². The molecule has 0 unspecified atom stereocenters.